The number of halogens is 6. The standard InChI is InChI=1S/C41H38F6N4O/c1-23-16-17-48-36(18-23)50-34-13-8-7-10-30(34)31-15-14-28(22-35(31)50)52-29-20-26(39(4,5)6)19-27(21-29)51-25(3)37(24(2)49-51)38-32(40(42,43)44)11-9-12-33(38)41(45,46)47/h7-8,10-11,13-22,33,38H,9,12H2,1-6H3/t33-,38+/m0/s1. The second-order valence-corrected chi connectivity index (χ2v) is 14.6. The monoisotopic (exact) mass is 716 g/mol. The number of allylic oxidation sites excluding steroid dienone is 2. The van der Waals surface area contributed by atoms with Gasteiger partial charge in [-0.2, -0.15) is 31.4 Å². The maximum absolute atomic E-state index is 14.3. The van der Waals surface area contributed by atoms with Gasteiger partial charge in [-0.05, 0) is 92.6 Å². The van der Waals surface area contributed by atoms with Gasteiger partial charge in [0.25, 0.3) is 0 Å². The van der Waals surface area contributed by atoms with Crippen LogP contribution in [0.1, 0.15) is 67.6 Å². The third-order valence-corrected chi connectivity index (χ3v) is 10.00. The number of ether oxygens (including phenoxy) is 1. The van der Waals surface area contributed by atoms with Gasteiger partial charge in [0.05, 0.1) is 28.3 Å². The van der Waals surface area contributed by atoms with Crippen molar-refractivity contribution in [1.29, 1.82) is 0 Å². The summed E-state index contributed by atoms with van der Waals surface area (Å²) in [5.74, 6) is -2.38. The molecule has 0 radical (unpaired) electrons. The molecule has 270 valence electrons. The van der Waals surface area contributed by atoms with E-state index in [-0.39, 0.29) is 23.4 Å². The summed E-state index contributed by atoms with van der Waals surface area (Å²) in [6, 6.07) is 23.3. The molecule has 3 aromatic heterocycles. The Balaban J connectivity index is 1.35. The Labute approximate surface area is 297 Å². The first-order valence-electron chi connectivity index (χ1n) is 17.1. The van der Waals surface area contributed by atoms with Crippen LogP contribution < -0.4 is 4.74 Å². The molecule has 0 saturated carbocycles. The van der Waals surface area contributed by atoms with Crippen LogP contribution in [-0.4, -0.2) is 31.7 Å². The highest BCUT2D eigenvalue weighted by Crippen LogP contribution is 2.53. The lowest BCUT2D eigenvalue weighted by Gasteiger charge is -2.35. The lowest BCUT2D eigenvalue weighted by Crippen LogP contribution is -2.36. The van der Waals surface area contributed by atoms with E-state index < -0.39 is 41.6 Å². The van der Waals surface area contributed by atoms with Crippen molar-refractivity contribution in [1.82, 2.24) is 19.3 Å². The SMILES string of the molecule is Cc1ccnc(-n2c3ccccc3c3ccc(Oc4cc(-n5nc(C)c([C@@H]6C(C(F)(F)F)=CCC[C@@H]6C(F)(F)F)c5C)cc(C(C)(C)C)c4)cc32)c1. The van der Waals surface area contributed by atoms with Gasteiger partial charge in [0.2, 0.25) is 0 Å². The van der Waals surface area contributed by atoms with Gasteiger partial charge >= 0.3 is 12.4 Å². The quantitative estimate of drug-likeness (QED) is 0.132. The van der Waals surface area contributed by atoms with Crippen LogP contribution in [0.3, 0.4) is 0 Å². The Kier molecular flexibility index (Phi) is 8.54. The first-order valence-corrected chi connectivity index (χ1v) is 17.1. The third kappa shape index (κ3) is 6.34. The molecule has 0 aliphatic heterocycles. The van der Waals surface area contributed by atoms with E-state index in [9.17, 15) is 26.3 Å². The summed E-state index contributed by atoms with van der Waals surface area (Å²) in [5.41, 5.74) is 2.93. The molecule has 0 fully saturated rings. The number of hydrogen-bond acceptors (Lipinski definition) is 3. The van der Waals surface area contributed by atoms with Gasteiger partial charge in [-0.25, -0.2) is 9.67 Å². The van der Waals surface area contributed by atoms with Crippen molar-refractivity contribution in [2.24, 2.45) is 5.92 Å². The number of aryl methyl sites for hydroxylation is 2. The van der Waals surface area contributed by atoms with E-state index >= 15 is 0 Å². The van der Waals surface area contributed by atoms with E-state index in [4.69, 9.17) is 4.74 Å². The highest BCUT2D eigenvalue weighted by Gasteiger charge is 2.54. The number of rotatable bonds is 5. The van der Waals surface area contributed by atoms with Gasteiger partial charge in [-0.3, -0.25) is 4.57 Å². The maximum atomic E-state index is 14.3. The van der Waals surface area contributed by atoms with E-state index in [0.717, 1.165) is 44.8 Å². The van der Waals surface area contributed by atoms with Crippen molar-refractivity contribution in [2.45, 2.75) is 78.1 Å². The molecule has 7 rings (SSSR count). The van der Waals surface area contributed by atoms with E-state index in [1.165, 1.54) is 18.5 Å². The highest BCUT2D eigenvalue weighted by atomic mass is 19.4. The minimum Gasteiger partial charge on any atom is -0.457 e. The summed E-state index contributed by atoms with van der Waals surface area (Å²) in [4.78, 5) is 4.65. The van der Waals surface area contributed by atoms with E-state index in [0.29, 0.717) is 17.2 Å². The lowest BCUT2D eigenvalue weighted by atomic mass is 9.73. The first kappa shape index (κ1) is 35.3. The predicted molar refractivity (Wildman–Crippen MR) is 191 cm³/mol. The largest absolute Gasteiger partial charge is 0.457 e. The molecule has 0 saturated heterocycles. The molecule has 0 spiro atoms. The minimum absolute atomic E-state index is 0.0581. The normalized spacial score (nSPS) is 17.2. The average molecular weight is 717 g/mol. The van der Waals surface area contributed by atoms with E-state index in [1.54, 1.807) is 12.3 Å². The number of aromatic nitrogens is 4. The van der Waals surface area contributed by atoms with Crippen molar-refractivity contribution in [3.8, 4) is 23.0 Å². The highest BCUT2D eigenvalue weighted by molar-refractivity contribution is 6.09. The molecule has 6 aromatic rings. The summed E-state index contributed by atoms with van der Waals surface area (Å²) in [5, 5.41) is 6.63. The molecule has 0 N–H and O–H groups in total. The number of para-hydroxylation sites is 1. The van der Waals surface area contributed by atoms with Crippen molar-refractivity contribution in [2.75, 3.05) is 0 Å². The Hall–Kier alpha value is -5.06. The zero-order valence-electron chi connectivity index (χ0n) is 29.6. The van der Waals surface area contributed by atoms with Gasteiger partial charge in [0, 0.05) is 51.9 Å². The number of pyridine rings is 1. The van der Waals surface area contributed by atoms with Crippen LogP contribution in [-0.2, 0) is 5.41 Å². The Morgan fingerprint density at radius 3 is 2.21 bits per heavy atom. The summed E-state index contributed by atoms with van der Waals surface area (Å²) >= 11 is 0. The second kappa shape index (κ2) is 12.6. The molecule has 0 amide bonds. The fourth-order valence-electron chi connectivity index (χ4n) is 7.52. The van der Waals surface area contributed by atoms with Crippen LogP contribution in [0.2, 0.25) is 0 Å². The van der Waals surface area contributed by atoms with Crippen LogP contribution in [0.15, 0.2) is 90.6 Å². The molecule has 52 heavy (non-hydrogen) atoms. The smallest absolute Gasteiger partial charge is 0.412 e. The predicted octanol–water partition coefficient (Wildman–Crippen LogP) is 11.9. The Morgan fingerprint density at radius 2 is 1.52 bits per heavy atom. The molecular formula is C41H38F6N4O. The molecule has 5 nitrogen and oxygen atoms in total. The topological polar surface area (TPSA) is 44.9 Å². The lowest BCUT2D eigenvalue weighted by molar-refractivity contribution is -0.187. The number of fused-ring (bicyclic) bond motifs is 3. The fraction of sp³-hybridized carbons (Fsp3) is 0.317. The molecule has 3 aromatic carbocycles. The molecule has 0 bridgehead atoms. The molecular weight excluding hydrogens is 678 g/mol. The van der Waals surface area contributed by atoms with Crippen LogP contribution in [0.25, 0.3) is 33.3 Å². The molecule has 2 atom stereocenters. The van der Waals surface area contributed by atoms with Crippen molar-refractivity contribution >= 4 is 21.8 Å². The van der Waals surface area contributed by atoms with Gasteiger partial charge in [-0.15, -0.1) is 0 Å². The summed E-state index contributed by atoms with van der Waals surface area (Å²) in [6.45, 7) is 11.0. The van der Waals surface area contributed by atoms with Crippen molar-refractivity contribution < 1.29 is 31.1 Å². The van der Waals surface area contributed by atoms with E-state index in [2.05, 4.69) is 20.7 Å². The van der Waals surface area contributed by atoms with Gasteiger partial charge in [0.1, 0.15) is 17.3 Å². The van der Waals surface area contributed by atoms with E-state index in [1.807, 2.05) is 88.4 Å². The summed E-state index contributed by atoms with van der Waals surface area (Å²) in [6.07, 6.45) is -7.81. The molecule has 11 heteroatoms. The van der Waals surface area contributed by atoms with Crippen molar-refractivity contribution in [3.63, 3.8) is 0 Å². The van der Waals surface area contributed by atoms with Gasteiger partial charge < -0.3 is 4.74 Å². The fourth-order valence-corrected chi connectivity index (χ4v) is 7.52. The van der Waals surface area contributed by atoms with Crippen molar-refractivity contribution in [3.05, 3.63) is 119 Å². The summed E-state index contributed by atoms with van der Waals surface area (Å²) < 4.78 is 95.9. The number of hydrogen-bond donors (Lipinski definition) is 0. The van der Waals surface area contributed by atoms with Crippen LogP contribution in [0, 0.1) is 26.7 Å². The molecule has 1 aliphatic rings. The van der Waals surface area contributed by atoms with Gasteiger partial charge in [-0.1, -0.05) is 45.0 Å². The zero-order chi connectivity index (χ0) is 37.3. The average Bonchev–Trinajstić information content (AvgIpc) is 3.55. The van der Waals surface area contributed by atoms with Crippen LogP contribution in [0.5, 0.6) is 11.5 Å². The Bertz CT molecular complexity index is 2360. The minimum atomic E-state index is -4.93. The summed E-state index contributed by atoms with van der Waals surface area (Å²) in [7, 11) is 0. The third-order valence-electron chi connectivity index (χ3n) is 10.00. The number of benzene rings is 3. The Morgan fingerprint density at radius 1 is 0.788 bits per heavy atom. The number of nitrogens with zero attached hydrogens (tertiary/aromatic N) is 4. The second-order valence-electron chi connectivity index (χ2n) is 14.6. The van der Waals surface area contributed by atoms with Gasteiger partial charge in [0.15, 0.2) is 0 Å². The first-order chi connectivity index (χ1) is 24.4. The maximum Gasteiger partial charge on any atom is 0.412 e. The zero-order valence-corrected chi connectivity index (χ0v) is 29.6. The molecule has 0 unspecified atom stereocenters. The van der Waals surface area contributed by atoms with Crippen LogP contribution in [0.4, 0.5) is 26.3 Å². The molecule has 3 heterocycles. The van der Waals surface area contributed by atoms with Crippen LogP contribution >= 0.6 is 0 Å². The molecule has 1 aliphatic carbocycles. The number of alkyl halides is 6.